The number of pyridine rings is 1. The lowest BCUT2D eigenvalue weighted by Crippen LogP contribution is -2.48. The van der Waals surface area contributed by atoms with E-state index in [1.54, 1.807) is 11.0 Å². The molecular formula is C15H17N5O2S. The molecule has 0 spiro atoms. The van der Waals surface area contributed by atoms with Gasteiger partial charge in [0, 0.05) is 49.6 Å². The summed E-state index contributed by atoms with van der Waals surface area (Å²) >= 11 is 0. The smallest absolute Gasteiger partial charge is 0.211 e. The van der Waals surface area contributed by atoms with Gasteiger partial charge in [-0.25, -0.2) is 17.7 Å². The summed E-state index contributed by atoms with van der Waals surface area (Å²) < 4.78 is 28.2. The molecule has 0 N–H and O–H groups in total. The van der Waals surface area contributed by atoms with Crippen molar-refractivity contribution < 1.29 is 8.42 Å². The molecule has 7 nitrogen and oxygen atoms in total. The van der Waals surface area contributed by atoms with Crippen molar-refractivity contribution in [2.45, 2.75) is 5.92 Å². The van der Waals surface area contributed by atoms with Crippen LogP contribution in [0.2, 0.25) is 0 Å². The molecule has 1 saturated heterocycles. The quantitative estimate of drug-likeness (QED) is 0.720. The molecule has 1 aliphatic heterocycles. The first-order valence-corrected chi connectivity index (χ1v) is 9.17. The van der Waals surface area contributed by atoms with E-state index in [1.807, 2.05) is 42.2 Å². The predicted octanol–water partition coefficient (Wildman–Crippen LogP) is 1.09. The van der Waals surface area contributed by atoms with Crippen LogP contribution in [0.4, 0.5) is 0 Å². The van der Waals surface area contributed by atoms with Crippen molar-refractivity contribution >= 4 is 15.5 Å². The van der Waals surface area contributed by atoms with Crippen molar-refractivity contribution in [1.82, 2.24) is 23.5 Å². The Bertz CT molecular complexity index is 982. The monoisotopic (exact) mass is 331 g/mol. The van der Waals surface area contributed by atoms with Gasteiger partial charge in [0.05, 0.1) is 30.0 Å². The molecule has 3 aromatic heterocycles. The molecule has 120 valence electrons. The highest BCUT2D eigenvalue weighted by Crippen LogP contribution is 2.31. The van der Waals surface area contributed by atoms with Crippen LogP contribution in [-0.4, -0.2) is 51.2 Å². The van der Waals surface area contributed by atoms with E-state index >= 15 is 0 Å². The van der Waals surface area contributed by atoms with Gasteiger partial charge in [-0.05, 0) is 6.07 Å². The summed E-state index contributed by atoms with van der Waals surface area (Å²) in [7, 11) is -1.20. The number of aryl methyl sites for hydroxylation is 1. The van der Waals surface area contributed by atoms with Crippen molar-refractivity contribution in [2.75, 3.05) is 19.3 Å². The van der Waals surface area contributed by atoms with Crippen LogP contribution in [0.25, 0.3) is 16.6 Å². The second-order valence-corrected chi connectivity index (χ2v) is 8.00. The normalized spacial score (nSPS) is 16.8. The van der Waals surface area contributed by atoms with Crippen LogP contribution < -0.4 is 0 Å². The average molecular weight is 331 g/mol. The number of rotatable bonds is 3. The van der Waals surface area contributed by atoms with Crippen LogP contribution in [-0.2, 0) is 17.1 Å². The van der Waals surface area contributed by atoms with Gasteiger partial charge < -0.3 is 4.40 Å². The lowest BCUT2D eigenvalue weighted by Gasteiger charge is -2.36. The number of nitrogens with zero attached hydrogens (tertiary/aromatic N) is 5. The largest absolute Gasteiger partial charge is 0.305 e. The minimum Gasteiger partial charge on any atom is -0.305 e. The maximum atomic E-state index is 11.5. The molecule has 1 aliphatic rings. The van der Waals surface area contributed by atoms with Gasteiger partial charge >= 0.3 is 0 Å². The zero-order chi connectivity index (χ0) is 16.2. The van der Waals surface area contributed by atoms with Crippen LogP contribution in [0.15, 0.2) is 37.1 Å². The Morgan fingerprint density at radius 1 is 1.17 bits per heavy atom. The lowest BCUT2D eigenvalue weighted by molar-refractivity contribution is 0.264. The third kappa shape index (κ3) is 2.43. The van der Waals surface area contributed by atoms with Crippen molar-refractivity contribution in [3.8, 4) is 11.1 Å². The Balaban J connectivity index is 1.64. The lowest BCUT2D eigenvalue weighted by atomic mass is 9.98. The van der Waals surface area contributed by atoms with E-state index in [4.69, 9.17) is 0 Å². The fourth-order valence-electron chi connectivity index (χ4n) is 2.96. The SMILES string of the molecule is Cn1cc(-c2ccc3c(C4CN(S(C)(=O)=O)C4)ncn3c2)cn1. The molecule has 0 saturated carbocycles. The maximum absolute atomic E-state index is 11.5. The van der Waals surface area contributed by atoms with Gasteiger partial charge in [-0.1, -0.05) is 6.07 Å². The number of hydrogen-bond acceptors (Lipinski definition) is 4. The number of imidazole rings is 1. The highest BCUT2D eigenvalue weighted by molar-refractivity contribution is 7.88. The van der Waals surface area contributed by atoms with Crippen molar-refractivity contribution in [2.24, 2.45) is 7.05 Å². The van der Waals surface area contributed by atoms with Crippen molar-refractivity contribution in [3.05, 3.63) is 42.7 Å². The van der Waals surface area contributed by atoms with Crippen LogP contribution in [0.5, 0.6) is 0 Å². The molecule has 0 atom stereocenters. The fraction of sp³-hybridized carbons (Fsp3) is 0.333. The fourth-order valence-corrected chi connectivity index (χ4v) is 3.86. The van der Waals surface area contributed by atoms with Gasteiger partial charge in [-0.3, -0.25) is 4.68 Å². The first kappa shape index (κ1) is 14.4. The molecule has 0 amide bonds. The molecule has 0 unspecified atom stereocenters. The topological polar surface area (TPSA) is 72.5 Å². The molecule has 0 aliphatic carbocycles. The summed E-state index contributed by atoms with van der Waals surface area (Å²) in [6.07, 6.45) is 8.85. The highest BCUT2D eigenvalue weighted by atomic mass is 32.2. The number of aromatic nitrogens is 4. The van der Waals surface area contributed by atoms with E-state index in [0.29, 0.717) is 13.1 Å². The van der Waals surface area contributed by atoms with E-state index in [9.17, 15) is 8.42 Å². The summed E-state index contributed by atoms with van der Waals surface area (Å²) in [6, 6.07) is 4.08. The van der Waals surface area contributed by atoms with Crippen LogP contribution in [0.1, 0.15) is 11.6 Å². The Hall–Kier alpha value is -2.19. The van der Waals surface area contributed by atoms with Gasteiger partial charge in [0.1, 0.15) is 0 Å². The zero-order valence-corrected chi connectivity index (χ0v) is 13.7. The number of hydrogen-bond donors (Lipinski definition) is 0. The third-order valence-electron chi connectivity index (χ3n) is 4.30. The summed E-state index contributed by atoms with van der Waals surface area (Å²) in [5, 5.41) is 4.19. The summed E-state index contributed by atoms with van der Waals surface area (Å²) in [4.78, 5) is 4.49. The molecule has 23 heavy (non-hydrogen) atoms. The molecule has 0 radical (unpaired) electrons. The first-order chi connectivity index (χ1) is 10.9. The molecule has 3 aromatic rings. The van der Waals surface area contributed by atoms with Crippen LogP contribution >= 0.6 is 0 Å². The van der Waals surface area contributed by atoms with Crippen molar-refractivity contribution in [1.29, 1.82) is 0 Å². The second-order valence-electron chi connectivity index (χ2n) is 6.02. The summed E-state index contributed by atoms with van der Waals surface area (Å²) in [5.41, 5.74) is 4.11. The van der Waals surface area contributed by atoms with Gasteiger partial charge in [0.2, 0.25) is 10.0 Å². The van der Waals surface area contributed by atoms with Gasteiger partial charge in [-0.15, -0.1) is 0 Å². The minimum absolute atomic E-state index is 0.166. The molecule has 1 fully saturated rings. The minimum atomic E-state index is -3.09. The Morgan fingerprint density at radius 3 is 2.61 bits per heavy atom. The van der Waals surface area contributed by atoms with E-state index < -0.39 is 10.0 Å². The molecule has 0 aromatic carbocycles. The second kappa shape index (κ2) is 4.90. The molecule has 4 rings (SSSR count). The average Bonchev–Trinajstić information content (AvgIpc) is 3.02. The number of fused-ring (bicyclic) bond motifs is 1. The zero-order valence-electron chi connectivity index (χ0n) is 12.9. The summed E-state index contributed by atoms with van der Waals surface area (Å²) in [6.45, 7) is 1.02. The highest BCUT2D eigenvalue weighted by Gasteiger charge is 2.36. The first-order valence-electron chi connectivity index (χ1n) is 7.32. The van der Waals surface area contributed by atoms with Gasteiger partial charge in [-0.2, -0.15) is 5.10 Å². The Morgan fingerprint density at radius 2 is 1.96 bits per heavy atom. The number of sulfonamides is 1. The standard InChI is InChI=1S/C15H17N5O2S/c1-18-6-12(5-17-18)11-3-4-14-15(16-10-19(14)7-11)13-8-20(9-13)23(2,21)22/h3-7,10,13H,8-9H2,1-2H3. The summed E-state index contributed by atoms with van der Waals surface area (Å²) in [5.74, 6) is 0.166. The third-order valence-corrected chi connectivity index (χ3v) is 5.54. The van der Waals surface area contributed by atoms with E-state index in [-0.39, 0.29) is 5.92 Å². The Kier molecular flexibility index (Phi) is 3.07. The Labute approximate surface area is 134 Å². The van der Waals surface area contributed by atoms with Crippen LogP contribution in [0, 0.1) is 0 Å². The van der Waals surface area contributed by atoms with E-state index in [0.717, 1.165) is 22.3 Å². The van der Waals surface area contributed by atoms with E-state index in [1.165, 1.54) is 10.6 Å². The molecular weight excluding hydrogens is 314 g/mol. The van der Waals surface area contributed by atoms with Crippen LogP contribution in [0.3, 0.4) is 0 Å². The van der Waals surface area contributed by atoms with Gasteiger partial charge in [0.25, 0.3) is 0 Å². The maximum Gasteiger partial charge on any atom is 0.211 e. The van der Waals surface area contributed by atoms with Gasteiger partial charge in [0.15, 0.2) is 0 Å². The van der Waals surface area contributed by atoms with E-state index in [2.05, 4.69) is 10.1 Å². The molecule has 0 bridgehead atoms. The van der Waals surface area contributed by atoms with Crippen molar-refractivity contribution in [3.63, 3.8) is 0 Å². The predicted molar refractivity (Wildman–Crippen MR) is 86.6 cm³/mol. The molecule has 8 heteroatoms. The molecule has 4 heterocycles.